The highest BCUT2D eigenvalue weighted by Gasteiger charge is 2.35. The molecule has 0 unspecified atom stereocenters. The molecule has 0 amide bonds. The number of benzene rings is 2. The number of rotatable bonds is 8. The number of ether oxygens (including phenoxy) is 2. The van der Waals surface area contributed by atoms with E-state index in [1.54, 1.807) is 4.31 Å². The molecule has 1 aliphatic heterocycles. The van der Waals surface area contributed by atoms with E-state index < -0.39 is 10.0 Å². The van der Waals surface area contributed by atoms with Gasteiger partial charge in [-0.25, -0.2) is 8.42 Å². The van der Waals surface area contributed by atoms with E-state index in [0.717, 1.165) is 35.3 Å². The number of unbranched alkanes of at least 4 members (excludes halogenated alkanes) is 1. The van der Waals surface area contributed by atoms with E-state index in [1.807, 2.05) is 62.4 Å². The number of hydrogen-bond acceptors (Lipinski definition) is 4. The minimum atomic E-state index is -3.40. The molecular weight excluding hydrogens is 398 g/mol. The average Bonchev–Trinajstić information content (AvgIpc) is 2.87. The lowest BCUT2D eigenvalue weighted by Gasteiger charge is -2.31. The van der Waals surface area contributed by atoms with Gasteiger partial charge in [0.15, 0.2) is 0 Å². The predicted octanol–water partition coefficient (Wildman–Crippen LogP) is 4.72. The summed E-state index contributed by atoms with van der Waals surface area (Å²) in [5, 5.41) is 0. The molecular formula is C24H33NO4S. The number of nitrogens with zero attached hydrogens (tertiary/aromatic N) is 1. The van der Waals surface area contributed by atoms with Crippen LogP contribution < -0.4 is 4.74 Å². The average molecular weight is 432 g/mol. The van der Waals surface area contributed by atoms with Crippen LogP contribution in [0.5, 0.6) is 5.75 Å². The minimum absolute atomic E-state index is 0.0229. The van der Waals surface area contributed by atoms with Gasteiger partial charge in [0.2, 0.25) is 10.0 Å². The van der Waals surface area contributed by atoms with Crippen molar-refractivity contribution in [2.75, 3.05) is 25.6 Å². The highest BCUT2D eigenvalue weighted by molar-refractivity contribution is 7.89. The van der Waals surface area contributed by atoms with E-state index in [2.05, 4.69) is 6.92 Å². The fraction of sp³-hybridized carbons (Fsp3) is 0.500. The predicted molar refractivity (Wildman–Crippen MR) is 121 cm³/mol. The molecule has 30 heavy (non-hydrogen) atoms. The van der Waals surface area contributed by atoms with Crippen LogP contribution in [0.1, 0.15) is 39.2 Å². The maximum Gasteiger partial charge on any atom is 0.217 e. The summed E-state index contributed by atoms with van der Waals surface area (Å²) in [4.78, 5) is 0. The summed E-state index contributed by atoms with van der Waals surface area (Å²) < 4.78 is 39.4. The van der Waals surface area contributed by atoms with Gasteiger partial charge >= 0.3 is 0 Å². The molecule has 0 N–H and O–H groups in total. The Morgan fingerprint density at radius 1 is 1.10 bits per heavy atom. The molecule has 1 atom stereocenters. The lowest BCUT2D eigenvalue weighted by molar-refractivity contribution is 0.0902. The first kappa shape index (κ1) is 22.8. The Morgan fingerprint density at radius 2 is 1.80 bits per heavy atom. The van der Waals surface area contributed by atoms with Crippen LogP contribution in [-0.4, -0.2) is 44.3 Å². The topological polar surface area (TPSA) is 55.8 Å². The van der Waals surface area contributed by atoms with Crippen molar-refractivity contribution >= 4 is 10.0 Å². The van der Waals surface area contributed by atoms with Crippen molar-refractivity contribution < 1.29 is 17.9 Å². The minimum Gasteiger partial charge on any atom is -0.493 e. The molecule has 6 heteroatoms. The first-order chi connectivity index (χ1) is 14.4. The number of sulfonamides is 1. The van der Waals surface area contributed by atoms with E-state index in [1.165, 1.54) is 0 Å². The molecule has 3 rings (SSSR count). The first-order valence-corrected chi connectivity index (χ1v) is 12.4. The standard InChI is InChI=1S/C24H33NO4S/c1-4-5-14-29-24-13-9-8-12-22(24)21-11-7-6-10-20(21)17-25-23(19(2)3)18-28-15-16-30(25,26)27/h6-13,19,23H,4-5,14-18H2,1-3H3/t23-/m1/s1. The zero-order valence-corrected chi connectivity index (χ0v) is 19.0. The maximum atomic E-state index is 13.0. The molecule has 2 aromatic carbocycles. The van der Waals surface area contributed by atoms with Crippen LogP contribution in [0.4, 0.5) is 0 Å². The Labute approximate surface area is 181 Å². The SMILES string of the molecule is CCCCOc1ccccc1-c1ccccc1CN1[C@@H](C(C)C)COCCS1(=O)=O. The highest BCUT2D eigenvalue weighted by Crippen LogP contribution is 2.34. The van der Waals surface area contributed by atoms with Crippen molar-refractivity contribution in [2.45, 2.75) is 46.2 Å². The Bertz CT molecular complexity index is 926. The van der Waals surface area contributed by atoms with E-state index in [4.69, 9.17) is 9.47 Å². The van der Waals surface area contributed by atoms with Crippen molar-refractivity contribution in [3.05, 3.63) is 54.1 Å². The third-order valence-electron chi connectivity index (χ3n) is 5.55. The molecule has 0 aliphatic carbocycles. The molecule has 0 saturated carbocycles. The van der Waals surface area contributed by atoms with Gasteiger partial charge in [-0.1, -0.05) is 69.7 Å². The quantitative estimate of drug-likeness (QED) is 0.568. The zero-order valence-electron chi connectivity index (χ0n) is 18.2. The van der Waals surface area contributed by atoms with Gasteiger partial charge in [-0.2, -0.15) is 4.31 Å². The second-order valence-corrected chi connectivity index (χ2v) is 10.1. The van der Waals surface area contributed by atoms with Gasteiger partial charge in [-0.15, -0.1) is 0 Å². The van der Waals surface area contributed by atoms with Gasteiger partial charge in [-0.05, 0) is 29.5 Å². The second-order valence-electron chi connectivity index (χ2n) is 8.10. The van der Waals surface area contributed by atoms with E-state index in [-0.39, 0.29) is 24.3 Å². The fourth-order valence-electron chi connectivity index (χ4n) is 3.75. The van der Waals surface area contributed by atoms with Crippen molar-refractivity contribution in [3.8, 4) is 16.9 Å². The lowest BCUT2D eigenvalue weighted by Crippen LogP contribution is -2.44. The molecule has 1 fully saturated rings. The molecule has 1 heterocycles. The molecule has 1 saturated heterocycles. The zero-order chi connectivity index (χ0) is 21.6. The molecule has 0 bridgehead atoms. The van der Waals surface area contributed by atoms with Crippen molar-refractivity contribution in [1.29, 1.82) is 0 Å². The Balaban J connectivity index is 1.98. The smallest absolute Gasteiger partial charge is 0.217 e. The van der Waals surface area contributed by atoms with Crippen LogP contribution in [0, 0.1) is 5.92 Å². The van der Waals surface area contributed by atoms with E-state index in [0.29, 0.717) is 19.8 Å². The number of hydrogen-bond donors (Lipinski definition) is 0. The van der Waals surface area contributed by atoms with E-state index >= 15 is 0 Å². The normalized spacial score (nSPS) is 19.5. The monoisotopic (exact) mass is 431 g/mol. The summed E-state index contributed by atoms with van der Waals surface area (Å²) >= 11 is 0. The third kappa shape index (κ3) is 5.42. The molecule has 164 valence electrons. The summed E-state index contributed by atoms with van der Waals surface area (Å²) in [7, 11) is -3.40. The van der Waals surface area contributed by atoms with Crippen molar-refractivity contribution in [3.63, 3.8) is 0 Å². The van der Waals surface area contributed by atoms with E-state index in [9.17, 15) is 8.42 Å². The summed E-state index contributed by atoms with van der Waals surface area (Å²) in [6.07, 6.45) is 2.07. The number of para-hydroxylation sites is 1. The van der Waals surface area contributed by atoms with Crippen LogP contribution in [0.3, 0.4) is 0 Å². The van der Waals surface area contributed by atoms with Crippen LogP contribution >= 0.6 is 0 Å². The highest BCUT2D eigenvalue weighted by atomic mass is 32.2. The Morgan fingerprint density at radius 3 is 2.53 bits per heavy atom. The van der Waals surface area contributed by atoms with Gasteiger partial charge < -0.3 is 9.47 Å². The molecule has 0 aromatic heterocycles. The lowest BCUT2D eigenvalue weighted by atomic mass is 9.98. The Hall–Kier alpha value is -1.89. The van der Waals surface area contributed by atoms with Crippen molar-refractivity contribution in [2.24, 2.45) is 5.92 Å². The second kappa shape index (κ2) is 10.4. The molecule has 1 aliphatic rings. The summed E-state index contributed by atoms with van der Waals surface area (Å²) in [5.74, 6) is 1.02. The van der Waals surface area contributed by atoms with Crippen molar-refractivity contribution in [1.82, 2.24) is 4.31 Å². The van der Waals surface area contributed by atoms with Crippen LogP contribution in [0.15, 0.2) is 48.5 Å². The van der Waals surface area contributed by atoms with Crippen LogP contribution in [-0.2, 0) is 21.3 Å². The van der Waals surface area contributed by atoms with Gasteiger partial charge in [0.25, 0.3) is 0 Å². The summed E-state index contributed by atoms with van der Waals surface area (Å²) in [5.41, 5.74) is 2.97. The van der Waals surface area contributed by atoms with Gasteiger partial charge in [-0.3, -0.25) is 0 Å². The fourth-order valence-corrected chi connectivity index (χ4v) is 5.36. The summed E-state index contributed by atoms with van der Waals surface area (Å²) in [6, 6.07) is 15.8. The first-order valence-electron chi connectivity index (χ1n) is 10.8. The van der Waals surface area contributed by atoms with Crippen LogP contribution in [0.2, 0.25) is 0 Å². The summed E-state index contributed by atoms with van der Waals surface area (Å²) in [6.45, 7) is 7.90. The molecule has 0 spiro atoms. The van der Waals surface area contributed by atoms with Gasteiger partial charge in [0, 0.05) is 12.1 Å². The maximum absolute atomic E-state index is 13.0. The molecule has 0 radical (unpaired) electrons. The van der Waals surface area contributed by atoms with Gasteiger partial charge in [0.05, 0.1) is 31.6 Å². The largest absolute Gasteiger partial charge is 0.493 e. The molecule has 5 nitrogen and oxygen atoms in total. The Kier molecular flexibility index (Phi) is 7.92. The molecule has 2 aromatic rings. The van der Waals surface area contributed by atoms with Gasteiger partial charge in [0.1, 0.15) is 5.75 Å². The third-order valence-corrected chi connectivity index (χ3v) is 7.34. The van der Waals surface area contributed by atoms with Crippen LogP contribution in [0.25, 0.3) is 11.1 Å².